The van der Waals surface area contributed by atoms with Crippen molar-refractivity contribution in [1.82, 2.24) is 9.55 Å². The Bertz CT molecular complexity index is 1040. The molecule has 0 saturated heterocycles. The number of benzene rings is 1. The van der Waals surface area contributed by atoms with E-state index in [0.717, 1.165) is 44.3 Å². The van der Waals surface area contributed by atoms with E-state index in [4.69, 9.17) is 9.72 Å². The molecular formula is C20H22N2O2S2. The zero-order chi connectivity index (χ0) is 18.5. The summed E-state index contributed by atoms with van der Waals surface area (Å²) in [6, 6.07) is 8.03. The molecule has 0 amide bonds. The van der Waals surface area contributed by atoms with E-state index in [0.29, 0.717) is 6.61 Å². The molecule has 4 rings (SSSR count). The van der Waals surface area contributed by atoms with Crippen molar-refractivity contribution >= 4 is 33.3 Å². The molecule has 0 bridgehead atoms. The maximum atomic E-state index is 13.5. The van der Waals surface area contributed by atoms with Gasteiger partial charge in [-0.05, 0) is 44.2 Å². The average Bonchev–Trinajstić information content (AvgIpc) is 3.00. The monoisotopic (exact) mass is 386 g/mol. The number of ether oxygens (including phenoxy) is 1. The molecule has 3 heterocycles. The van der Waals surface area contributed by atoms with Crippen molar-refractivity contribution in [1.29, 1.82) is 0 Å². The minimum atomic E-state index is -0.208. The van der Waals surface area contributed by atoms with Crippen LogP contribution in [0.1, 0.15) is 36.3 Å². The smallest absolute Gasteiger partial charge is 0.267 e. The van der Waals surface area contributed by atoms with Gasteiger partial charge < -0.3 is 4.74 Å². The first-order chi connectivity index (χ1) is 12.5. The fourth-order valence-corrected chi connectivity index (χ4v) is 5.09. The van der Waals surface area contributed by atoms with Crippen molar-refractivity contribution in [2.24, 2.45) is 0 Å². The summed E-state index contributed by atoms with van der Waals surface area (Å²) in [5.41, 5.74) is 2.99. The predicted molar refractivity (Wildman–Crippen MR) is 109 cm³/mol. The molecule has 0 spiro atoms. The van der Waals surface area contributed by atoms with Crippen molar-refractivity contribution in [2.75, 3.05) is 6.26 Å². The van der Waals surface area contributed by atoms with E-state index in [9.17, 15) is 4.79 Å². The van der Waals surface area contributed by atoms with E-state index in [1.54, 1.807) is 15.9 Å². The molecule has 0 fully saturated rings. The molecule has 6 heteroatoms. The first-order valence-electron chi connectivity index (χ1n) is 8.78. The molecule has 3 aromatic rings. The highest BCUT2D eigenvalue weighted by Gasteiger charge is 2.33. The minimum Gasteiger partial charge on any atom is -0.369 e. The fourth-order valence-electron chi connectivity index (χ4n) is 3.39. The average molecular weight is 387 g/mol. The van der Waals surface area contributed by atoms with Gasteiger partial charge in [-0.15, -0.1) is 11.3 Å². The van der Waals surface area contributed by atoms with Gasteiger partial charge in [-0.25, -0.2) is 4.98 Å². The van der Waals surface area contributed by atoms with Gasteiger partial charge >= 0.3 is 0 Å². The molecule has 1 atom stereocenters. The zero-order valence-corrected chi connectivity index (χ0v) is 17.1. The standard InChI is InChI=1S/C20H22N2O2S2/c1-5-20(3)10-14-15(11-24-20)26-17-16(14)18(23)22(19(21-17)25-4)13-8-6-12(2)7-9-13/h6-9H,5,10-11H2,1-4H3. The Kier molecular flexibility index (Phi) is 4.45. The number of thioether (sulfide) groups is 1. The van der Waals surface area contributed by atoms with Gasteiger partial charge in [-0.1, -0.05) is 36.4 Å². The van der Waals surface area contributed by atoms with E-state index < -0.39 is 0 Å². The molecule has 0 aliphatic carbocycles. The molecule has 1 aliphatic heterocycles. The zero-order valence-electron chi connectivity index (χ0n) is 15.5. The normalized spacial score (nSPS) is 19.7. The summed E-state index contributed by atoms with van der Waals surface area (Å²) in [5, 5.41) is 1.50. The van der Waals surface area contributed by atoms with Crippen molar-refractivity contribution in [3.8, 4) is 5.69 Å². The lowest BCUT2D eigenvalue weighted by atomic mass is 9.90. The Balaban J connectivity index is 1.99. The summed E-state index contributed by atoms with van der Waals surface area (Å²) in [6.07, 6.45) is 3.65. The van der Waals surface area contributed by atoms with Gasteiger partial charge in [0.1, 0.15) is 4.83 Å². The van der Waals surface area contributed by atoms with Gasteiger partial charge in [0.2, 0.25) is 0 Å². The van der Waals surface area contributed by atoms with Gasteiger partial charge in [0.15, 0.2) is 5.16 Å². The van der Waals surface area contributed by atoms with Gasteiger partial charge in [0.05, 0.1) is 23.3 Å². The van der Waals surface area contributed by atoms with E-state index in [2.05, 4.69) is 13.8 Å². The summed E-state index contributed by atoms with van der Waals surface area (Å²) in [4.78, 5) is 20.3. The number of aromatic nitrogens is 2. The van der Waals surface area contributed by atoms with Crippen LogP contribution in [0.25, 0.3) is 15.9 Å². The quantitative estimate of drug-likeness (QED) is 0.483. The number of fused-ring (bicyclic) bond motifs is 3. The molecule has 2 aromatic heterocycles. The van der Waals surface area contributed by atoms with E-state index in [1.165, 1.54) is 17.3 Å². The third-order valence-electron chi connectivity index (χ3n) is 5.20. The van der Waals surface area contributed by atoms with E-state index >= 15 is 0 Å². The first-order valence-corrected chi connectivity index (χ1v) is 10.8. The molecule has 1 aliphatic rings. The Morgan fingerprint density at radius 2 is 2.08 bits per heavy atom. The lowest BCUT2D eigenvalue weighted by Crippen LogP contribution is -2.34. The summed E-state index contributed by atoms with van der Waals surface area (Å²) in [7, 11) is 0. The van der Waals surface area contributed by atoms with Crippen LogP contribution < -0.4 is 5.56 Å². The number of aryl methyl sites for hydroxylation is 1. The topological polar surface area (TPSA) is 44.1 Å². The summed E-state index contributed by atoms with van der Waals surface area (Å²) in [6.45, 7) is 6.87. The van der Waals surface area contributed by atoms with Gasteiger partial charge in [0.25, 0.3) is 5.56 Å². The summed E-state index contributed by atoms with van der Waals surface area (Å²) < 4.78 is 7.81. The number of hydrogen-bond acceptors (Lipinski definition) is 5. The molecule has 136 valence electrons. The van der Waals surface area contributed by atoms with E-state index in [-0.39, 0.29) is 11.2 Å². The Morgan fingerprint density at radius 3 is 2.73 bits per heavy atom. The highest BCUT2D eigenvalue weighted by atomic mass is 32.2. The molecule has 1 unspecified atom stereocenters. The maximum absolute atomic E-state index is 13.5. The maximum Gasteiger partial charge on any atom is 0.267 e. The van der Waals surface area contributed by atoms with Crippen LogP contribution in [-0.2, 0) is 17.8 Å². The SMILES string of the molecule is CCC1(C)Cc2c(sc3nc(SC)n(-c4ccc(C)cc4)c(=O)c23)CO1. The highest BCUT2D eigenvalue weighted by Crippen LogP contribution is 2.38. The number of thiophene rings is 1. The first kappa shape index (κ1) is 17.8. The van der Waals surface area contributed by atoms with Crippen molar-refractivity contribution in [3.05, 3.63) is 50.6 Å². The lowest BCUT2D eigenvalue weighted by Gasteiger charge is -2.32. The van der Waals surface area contributed by atoms with Crippen LogP contribution >= 0.6 is 23.1 Å². The Morgan fingerprint density at radius 1 is 1.35 bits per heavy atom. The van der Waals surface area contributed by atoms with Gasteiger partial charge in [-0.2, -0.15) is 0 Å². The third-order valence-corrected chi connectivity index (χ3v) is 6.94. The molecule has 0 saturated carbocycles. The second-order valence-electron chi connectivity index (χ2n) is 7.03. The fraction of sp³-hybridized carbons (Fsp3) is 0.400. The molecular weight excluding hydrogens is 364 g/mol. The van der Waals surface area contributed by atoms with Crippen molar-refractivity contribution in [2.45, 2.75) is 51.0 Å². The van der Waals surface area contributed by atoms with Crippen LogP contribution in [-0.4, -0.2) is 21.4 Å². The summed E-state index contributed by atoms with van der Waals surface area (Å²) >= 11 is 3.10. The second-order valence-corrected chi connectivity index (χ2v) is 8.88. The van der Waals surface area contributed by atoms with Crippen LogP contribution in [0.2, 0.25) is 0 Å². The third kappa shape index (κ3) is 2.80. The van der Waals surface area contributed by atoms with Crippen molar-refractivity contribution in [3.63, 3.8) is 0 Å². The second kappa shape index (κ2) is 6.51. The van der Waals surface area contributed by atoms with E-state index in [1.807, 2.05) is 37.4 Å². The lowest BCUT2D eigenvalue weighted by molar-refractivity contribution is -0.0543. The van der Waals surface area contributed by atoms with Gasteiger partial charge in [-0.3, -0.25) is 9.36 Å². The molecule has 1 aromatic carbocycles. The van der Waals surface area contributed by atoms with Crippen LogP contribution in [0, 0.1) is 6.92 Å². The Hall–Kier alpha value is -1.63. The molecule has 0 N–H and O–H groups in total. The van der Waals surface area contributed by atoms with Crippen molar-refractivity contribution < 1.29 is 4.74 Å². The van der Waals surface area contributed by atoms with Crippen LogP contribution in [0.15, 0.2) is 34.2 Å². The van der Waals surface area contributed by atoms with Crippen LogP contribution in [0.3, 0.4) is 0 Å². The number of hydrogen-bond donors (Lipinski definition) is 0. The number of nitrogens with zero attached hydrogens (tertiary/aromatic N) is 2. The van der Waals surface area contributed by atoms with Gasteiger partial charge in [0, 0.05) is 11.3 Å². The number of rotatable bonds is 3. The summed E-state index contributed by atoms with van der Waals surface area (Å²) in [5.74, 6) is 0. The predicted octanol–water partition coefficient (Wildman–Crippen LogP) is 4.72. The largest absolute Gasteiger partial charge is 0.369 e. The molecule has 0 radical (unpaired) electrons. The minimum absolute atomic E-state index is 0.0288. The van der Waals surface area contributed by atoms with Crippen LogP contribution in [0.5, 0.6) is 0 Å². The highest BCUT2D eigenvalue weighted by molar-refractivity contribution is 7.98. The molecule has 4 nitrogen and oxygen atoms in total. The van der Waals surface area contributed by atoms with Crippen LogP contribution in [0.4, 0.5) is 0 Å². The molecule has 26 heavy (non-hydrogen) atoms. The Labute approximate surface area is 161 Å².